The zero-order chi connectivity index (χ0) is 17.9. The SMILES string of the molecule is CCN(c1ccccc1OC)S(=O)(=O)c1ccc(C(=O)O)c(C)c1. The number of ether oxygens (including phenoxy) is 1. The highest BCUT2D eigenvalue weighted by Crippen LogP contribution is 2.32. The first-order valence-corrected chi connectivity index (χ1v) is 8.76. The lowest BCUT2D eigenvalue weighted by atomic mass is 10.1. The van der Waals surface area contributed by atoms with Crippen molar-refractivity contribution >= 4 is 21.7 Å². The second-order valence-electron chi connectivity index (χ2n) is 5.12. The van der Waals surface area contributed by atoms with Gasteiger partial charge in [-0.3, -0.25) is 4.31 Å². The Hall–Kier alpha value is -2.54. The molecule has 0 radical (unpaired) electrons. The highest BCUT2D eigenvalue weighted by Gasteiger charge is 2.26. The fraction of sp³-hybridized carbons (Fsp3) is 0.235. The van der Waals surface area contributed by atoms with Gasteiger partial charge >= 0.3 is 5.97 Å². The highest BCUT2D eigenvalue weighted by molar-refractivity contribution is 7.92. The molecule has 0 amide bonds. The largest absolute Gasteiger partial charge is 0.495 e. The van der Waals surface area contributed by atoms with Gasteiger partial charge in [-0.1, -0.05) is 12.1 Å². The summed E-state index contributed by atoms with van der Waals surface area (Å²) in [5.41, 5.74) is 0.899. The Kier molecular flexibility index (Phi) is 5.14. The Morgan fingerprint density at radius 1 is 1.21 bits per heavy atom. The van der Waals surface area contributed by atoms with Crippen LogP contribution in [0.5, 0.6) is 5.75 Å². The molecular weight excluding hydrogens is 330 g/mol. The number of methoxy groups -OCH3 is 1. The standard InChI is InChI=1S/C17H19NO5S/c1-4-18(15-7-5-6-8-16(15)23-3)24(21,22)13-9-10-14(17(19)20)12(2)11-13/h5-11H,4H2,1-3H3,(H,19,20). The van der Waals surface area contributed by atoms with Gasteiger partial charge in [-0.05, 0) is 49.7 Å². The van der Waals surface area contributed by atoms with E-state index >= 15 is 0 Å². The molecular formula is C17H19NO5S. The third-order valence-corrected chi connectivity index (χ3v) is 5.54. The van der Waals surface area contributed by atoms with Crippen LogP contribution in [0.15, 0.2) is 47.4 Å². The van der Waals surface area contributed by atoms with E-state index in [9.17, 15) is 13.2 Å². The van der Waals surface area contributed by atoms with Crippen LogP contribution in [0.1, 0.15) is 22.8 Å². The van der Waals surface area contributed by atoms with E-state index in [1.807, 2.05) is 0 Å². The minimum Gasteiger partial charge on any atom is -0.495 e. The van der Waals surface area contributed by atoms with Crippen molar-refractivity contribution in [3.05, 3.63) is 53.6 Å². The molecule has 128 valence electrons. The molecule has 1 N–H and O–H groups in total. The molecule has 0 saturated heterocycles. The molecule has 0 aromatic heterocycles. The summed E-state index contributed by atoms with van der Waals surface area (Å²) < 4.78 is 32.5. The third kappa shape index (κ3) is 3.21. The number of aromatic carboxylic acids is 1. The van der Waals surface area contributed by atoms with Crippen LogP contribution in [-0.4, -0.2) is 33.1 Å². The van der Waals surface area contributed by atoms with Gasteiger partial charge in [-0.15, -0.1) is 0 Å². The average molecular weight is 349 g/mol. The monoisotopic (exact) mass is 349 g/mol. The van der Waals surface area contributed by atoms with E-state index in [1.165, 1.54) is 29.6 Å². The van der Waals surface area contributed by atoms with Crippen molar-refractivity contribution in [1.82, 2.24) is 0 Å². The lowest BCUT2D eigenvalue weighted by Gasteiger charge is -2.24. The van der Waals surface area contributed by atoms with Crippen molar-refractivity contribution in [2.24, 2.45) is 0 Å². The molecule has 0 unspecified atom stereocenters. The van der Waals surface area contributed by atoms with Gasteiger partial charge in [0.1, 0.15) is 5.75 Å². The molecule has 0 heterocycles. The molecule has 0 aliphatic heterocycles. The lowest BCUT2D eigenvalue weighted by molar-refractivity contribution is 0.0696. The second kappa shape index (κ2) is 6.92. The second-order valence-corrected chi connectivity index (χ2v) is 6.99. The van der Waals surface area contributed by atoms with Crippen LogP contribution in [0.2, 0.25) is 0 Å². The zero-order valence-corrected chi connectivity index (χ0v) is 14.5. The molecule has 24 heavy (non-hydrogen) atoms. The number of carboxylic acids is 1. The number of aryl methyl sites for hydroxylation is 1. The van der Waals surface area contributed by atoms with E-state index in [4.69, 9.17) is 9.84 Å². The van der Waals surface area contributed by atoms with E-state index < -0.39 is 16.0 Å². The van der Waals surface area contributed by atoms with Gasteiger partial charge in [-0.25, -0.2) is 13.2 Å². The summed E-state index contributed by atoms with van der Waals surface area (Å²) >= 11 is 0. The van der Waals surface area contributed by atoms with Gasteiger partial charge < -0.3 is 9.84 Å². The third-order valence-electron chi connectivity index (χ3n) is 3.66. The van der Waals surface area contributed by atoms with E-state index in [0.29, 0.717) is 17.0 Å². The summed E-state index contributed by atoms with van der Waals surface area (Å²) in [6.07, 6.45) is 0. The maximum atomic E-state index is 13.0. The number of sulfonamides is 1. The Bertz CT molecular complexity index is 861. The van der Waals surface area contributed by atoms with Crippen LogP contribution in [-0.2, 0) is 10.0 Å². The summed E-state index contributed by atoms with van der Waals surface area (Å²) in [7, 11) is -2.36. The zero-order valence-electron chi connectivity index (χ0n) is 13.7. The van der Waals surface area contributed by atoms with Crippen molar-refractivity contribution < 1.29 is 23.1 Å². The predicted octanol–water partition coefficient (Wildman–Crippen LogP) is 2.92. The van der Waals surface area contributed by atoms with Gasteiger partial charge in [0.05, 0.1) is 23.3 Å². The van der Waals surface area contributed by atoms with Crippen molar-refractivity contribution in [3.8, 4) is 5.75 Å². The predicted molar refractivity (Wildman–Crippen MR) is 91.3 cm³/mol. The fourth-order valence-corrected chi connectivity index (χ4v) is 4.04. The Morgan fingerprint density at radius 2 is 1.88 bits per heavy atom. The summed E-state index contributed by atoms with van der Waals surface area (Å²) in [5, 5.41) is 9.08. The van der Waals surface area contributed by atoms with Gasteiger partial charge in [0.15, 0.2) is 0 Å². The van der Waals surface area contributed by atoms with Crippen molar-refractivity contribution in [1.29, 1.82) is 0 Å². The Morgan fingerprint density at radius 3 is 2.42 bits per heavy atom. The first kappa shape index (κ1) is 17.8. The van der Waals surface area contributed by atoms with Crippen molar-refractivity contribution in [3.63, 3.8) is 0 Å². The first-order valence-electron chi connectivity index (χ1n) is 7.32. The van der Waals surface area contributed by atoms with Crippen LogP contribution >= 0.6 is 0 Å². The molecule has 0 bridgehead atoms. The molecule has 2 rings (SSSR count). The molecule has 7 heteroatoms. The summed E-state index contributed by atoms with van der Waals surface area (Å²) in [6, 6.07) is 10.8. The van der Waals surface area contributed by atoms with E-state index in [0.717, 1.165) is 0 Å². The molecule has 2 aromatic rings. The molecule has 2 aromatic carbocycles. The number of para-hydroxylation sites is 2. The molecule has 0 spiro atoms. The Balaban J connectivity index is 2.55. The molecule has 6 nitrogen and oxygen atoms in total. The summed E-state index contributed by atoms with van der Waals surface area (Å²) in [5.74, 6) is -0.643. The minimum absolute atomic E-state index is 0.0396. The molecule has 0 aliphatic carbocycles. The number of carboxylic acid groups (broad SMARTS) is 1. The number of nitrogens with zero attached hydrogens (tertiary/aromatic N) is 1. The number of anilines is 1. The van der Waals surface area contributed by atoms with Gasteiger partial charge in [-0.2, -0.15) is 0 Å². The van der Waals surface area contributed by atoms with E-state index in [1.54, 1.807) is 38.1 Å². The number of hydrogen-bond acceptors (Lipinski definition) is 4. The van der Waals surface area contributed by atoms with Crippen LogP contribution in [0.3, 0.4) is 0 Å². The number of hydrogen-bond donors (Lipinski definition) is 1. The normalized spacial score (nSPS) is 11.1. The molecule has 0 aliphatic rings. The van der Waals surface area contributed by atoms with Crippen molar-refractivity contribution in [2.45, 2.75) is 18.7 Å². The number of carbonyl (C=O) groups is 1. The average Bonchev–Trinajstić information content (AvgIpc) is 2.55. The maximum absolute atomic E-state index is 13.0. The van der Waals surface area contributed by atoms with Gasteiger partial charge in [0, 0.05) is 6.54 Å². The van der Waals surface area contributed by atoms with Crippen LogP contribution in [0.25, 0.3) is 0 Å². The fourth-order valence-electron chi connectivity index (χ4n) is 2.47. The van der Waals surface area contributed by atoms with E-state index in [2.05, 4.69) is 0 Å². The van der Waals surface area contributed by atoms with Crippen LogP contribution < -0.4 is 9.04 Å². The van der Waals surface area contributed by atoms with Gasteiger partial charge in [0.25, 0.3) is 10.0 Å². The smallest absolute Gasteiger partial charge is 0.335 e. The lowest BCUT2D eigenvalue weighted by Crippen LogP contribution is -2.31. The molecule has 0 fully saturated rings. The van der Waals surface area contributed by atoms with Gasteiger partial charge in [0.2, 0.25) is 0 Å². The van der Waals surface area contributed by atoms with Crippen LogP contribution in [0, 0.1) is 6.92 Å². The Labute approximate surface area is 141 Å². The quantitative estimate of drug-likeness (QED) is 0.867. The summed E-state index contributed by atoms with van der Waals surface area (Å²) in [4.78, 5) is 11.1. The number of benzene rings is 2. The minimum atomic E-state index is -3.84. The molecule has 0 saturated carbocycles. The maximum Gasteiger partial charge on any atom is 0.335 e. The van der Waals surface area contributed by atoms with Crippen molar-refractivity contribution in [2.75, 3.05) is 18.0 Å². The van der Waals surface area contributed by atoms with E-state index in [-0.39, 0.29) is 17.0 Å². The van der Waals surface area contributed by atoms with Crippen LogP contribution in [0.4, 0.5) is 5.69 Å². The molecule has 0 atom stereocenters. The number of rotatable bonds is 6. The first-order chi connectivity index (χ1) is 11.3. The summed E-state index contributed by atoms with van der Waals surface area (Å²) in [6.45, 7) is 3.51. The topological polar surface area (TPSA) is 83.9 Å². The highest BCUT2D eigenvalue weighted by atomic mass is 32.2.